The van der Waals surface area contributed by atoms with Crippen LogP contribution in [0.25, 0.3) is 0 Å². The van der Waals surface area contributed by atoms with E-state index in [1.165, 1.54) is 0 Å². The molecule has 2 aromatic carbocycles. The molecule has 2 aromatic rings. The molecule has 4 N–H and O–H groups in total. The van der Waals surface area contributed by atoms with Gasteiger partial charge in [-0.2, -0.15) is 0 Å². The third-order valence-corrected chi connectivity index (χ3v) is 5.01. The second-order valence-corrected chi connectivity index (χ2v) is 8.35. The molecule has 0 radical (unpaired) electrons. The highest BCUT2D eigenvalue weighted by molar-refractivity contribution is 5.94. The molecular weight excluding hydrogens is 396 g/mol. The van der Waals surface area contributed by atoms with Gasteiger partial charge in [-0.05, 0) is 72.2 Å². The van der Waals surface area contributed by atoms with Gasteiger partial charge in [0.25, 0.3) is 0 Å². The summed E-state index contributed by atoms with van der Waals surface area (Å²) in [6, 6.07) is 6.73. The maximum atomic E-state index is 12.2. The fourth-order valence-electron chi connectivity index (χ4n) is 3.22. The molecule has 0 saturated carbocycles. The van der Waals surface area contributed by atoms with E-state index < -0.39 is 0 Å². The van der Waals surface area contributed by atoms with Crippen molar-refractivity contribution in [2.75, 3.05) is 23.8 Å². The number of rotatable bonds is 8. The van der Waals surface area contributed by atoms with Crippen LogP contribution in [0.2, 0.25) is 0 Å². The highest BCUT2D eigenvalue weighted by Crippen LogP contribution is 2.32. The first-order valence-electron chi connectivity index (χ1n) is 10.3. The standard InChI is InChI=1S/C24H32N2O5/c1-13(2)17-9-19(15(5)7-21(17)27)25-23(29)11-31-12-24(30)26-20-10-18(14(3)4)22(28)8-16(20)6/h7-10,13-14,27-28H,11-12H2,1-6H3,(H,25,29)(H,26,30). The number of anilines is 2. The summed E-state index contributed by atoms with van der Waals surface area (Å²) in [7, 11) is 0. The van der Waals surface area contributed by atoms with Gasteiger partial charge < -0.3 is 25.6 Å². The molecule has 31 heavy (non-hydrogen) atoms. The first kappa shape index (κ1) is 24.2. The summed E-state index contributed by atoms with van der Waals surface area (Å²) in [5.74, 6) is -0.169. The van der Waals surface area contributed by atoms with E-state index in [-0.39, 0.29) is 48.4 Å². The van der Waals surface area contributed by atoms with Crippen molar-refractivity contribution in [2.45, 2.75) is 53.4 Å². The summed E-state index contributed by atoms with van der Waals surface area (Å²) in [5.41, 5.74) is 4.15. The number of phenols is 2. The monoisotopic (exact) mass is 428 g/mol. The Morgan fingerprint density at radius 3 is 1.45 bits per heavy atom. The number of hydrogen-bond acceptors (Lipinski definition) is 5. The van der Waals surface area contributed by atoms with Crippen molar-refractivity contribution >= 4 is 23.2 Å². The summed E-state index contributed by atoms with van der Waals surface area (Å²) in [5, 5.41) is 25.6. The van der Waals surface area contributed by atoms with Crippen LogP contribution in [0.1, 0.15) is 61.8 Å². The predicted molar refractivity (Wildman–Crippen MR) is 122 cm³/mol. The number of benzene rings is 2. The van der Waals surface area contributed by atoms with Crippen molar-refractivity contribution in [1.29, 1.82) is 0 Å². The van der Waals surface area contributed by atoms with Crippen LogP contribution in [0.4, 0.5) is 11.4 Å². The lowest BCUT2D eigenvalue weighted by molar-refractivity contribution is -0.125. The van der Waals surface area contributed by atoms with Crippen LogP contribution in [-0.4, -0.2) is 35.2 Å². The lowest BCUT2D eigenvalue weighted by Gasteiger charge is -2.15. The average Bonchev–Trinajstić information content (AvgIpc) is 2.65. The molecule has 0 atom stereocenters. The maximum absolute atomic E-state index is 12.2. The summed E-state index contributed by atoms with van der Waals surface area (Å²) in [4.78, 5) is 24.4. The largest absolute Gasteiger partial charge is 0.508 e. The Balaban J connectivity index is 1.91. The van der Waals surface area contributed by atoms with Gasteiger partial charge in [0.2, 0.25) is 11.8 Å². The Morgan fingerprint density at radius 2 is 1.13 bits per heavy atom. The van der Waals surface area contributed by atoms with Crippen LogP contribution >= 0.6 is 0 Å². The second kappa shape index (κ2) is 10.3. The normalized spacial score (nSPS) is 11.1. The Labute approximate surface area is 183 Å². The lowest BCUT2D eigenvalue weighted by atomic mass is 9.99. The molecule has 0 aliphatic heterocycles. The smallest absolute Gasteiger partial charge is 0.250 e. The number of carbonyl (C=O) groups excluding carboxylic acids is 2. The van der Waals surface area contributed by atoms with E-state index in [1.54, 1.807) is 38.1 Å². The summed E-state index contributed by atoms with van der Waals surface area (Å²) in [6.07, 6.45) is 0. The van der Waals surface area contributed by atoms with Gasteiger partial charge in [0, 0.05) is 11.4 Å². The minimum Gasteiger partial charge on any atom is -0.508 e. The van der Waals surface area contributed by atoms with Crippen LogP contribution in [0, 0.1) is 13.8 Å². The summed E-state index contributed by atoms with van der Waals surface area (Å²) >= 11 is 0. The van der Waals surface area contributed by atoms with E-state index in [9.17, 15) is 19.8 Å². The number of ether oxygens (including phenoxy) is 1. The maximum Gasteiger partial charge on any atom is 0.250 e. The van der Waals surface area contributed by atoms with Gasteiger partial charge in [-0.25, -0.2) is 0 Å². The fraction of sp³-hybridized carbons (Fsp3) is 0.417. The van der Waals surface area contributed by atoms with Gasteiger partial charge in [0.05, 0.1) is 0 Å². The summed E-state index contributed by atoms with van der Waals surface area (Å²) in [6.45, 7) is 10.8. The number of hydrogen-bond donors (Lipinski definition) is 4. The SMILES string of the molecule is Cc1cc(O)c(C(C)C)cc1NC(=O)COCC(=O)Nc1cc(C(C)C)c(O)cc1C. The average molecular weight is 429 g/mol. The van der Waals surface area contributed by atoms with Crippen LogP contribution in [-0.2, 0) is 14.3 Å². The zero-order valence-corrected chi connectivity index (χ0v) is 19.0. The molecule has 0 aromatic heterocycles. The van der Waals surface area contributed by atoms with Crippen LogP contribution in [0.15, 0.2) is 24.3 Å². The van der Waals surface area contributed by atoms with E-state index in [2.05, 4.69) is 10.6 Å². The van der Waals surface area contributed by atoms with E-state index in [0.717, 1.165) is 22.3 Å². The van der Waals surface area contributed by atoms with Gasteiger partial charge in [-0.3, -0.25) is 9.59 Å². The van der Waals surface area contributed by atoms with E-state index >= 15 is 0 Å². The fourth-order valence-corrected chi connectivity index (χ4v) is 3.22. The van der Waals surface area contributed by atoms with Gasteiger partial charge in [-0.1, -0.05) is 27.7 Å². The van der Waals surface area contributed by atoms with Crippen molar-refractivity contribution in [1.82, 2.24) is 0 Å². The molecule has 0 unspecified atom stereocenters. The molecule has 0 heterocycles. The number of phenolic OH excluding ortho intramolecular Hbond substituents is 2. The van der Waals surface area contributed by atoms with Gasteiger partial charge in [-0.15, -0.1) is 0 Å². The van der Waals surface area contributed by atoms with Crippen molar-refractivity contribution in [3.63, 3.8) is 0 Å². The topological polar surface area (TPSA) is 108 Å². The molecule has 0 saturated heterocycles. The Morgan fingerprint density at radius 1 is 0.774 bits per heavy atom. The van der Waals surface area contributed by atoms with Gasteiger partial charge in [0.1, 0.15) is 24.7 Å². The Hall–Kier alpha value is -3.06. The van der Waals surface area contributed by atoms with E-state index in [4.69, 9.17) is 4.74 Å². The van der Waals surface area contributed by atoms with Crippen LogP contribution in [0.3, 0.4) is 0 Å². The van der Waals surface area contributed by atoms with E-state index in [1.807, 2.05) is 27.7 Å². The predicted octanol–water partition coefficient (Wildman–Crippen LogP) is 4.56. The molecular formula is C24H32N2O5. The lowest BCUT2D eigenvalue weighted by Crippen LogP contribution is -2.24. The zero-order valence-electron chi connectivity index (χ0n) is 19.0. The van der Waals surface area contributed by atoms with Crippen molar-refractivity contribution in [2.24, 2.45) is 0 Å². The molecule has 7 heteroatoms. The van der Waals surface area contributed by atoms with Crippen molar-refractivity contribution in [3.8, 4) is 11.5 Å². The molecule has 7 nitrogen and oxygen atoms in total. The molecule has 0 aliphatic carbocycles. The minimum atomic E-state index is -0.390. The molecule has 168 valence electrons. The van der Waals surface area contributed by atoms with E-state index in [0.29, 0.717) is 11.4 Å². The van der Waals surface area contributed by atoms with Crippen molar-refractivity contribution < 1.29 is 24.5 Å². The summed E-state index contributed by atoms with van der Waals surface area (Å²) < 4.78 is 5.26. The third-order valence-electron chi connectivity index (χ3n) is 5.01. The van der Waals surface area contributed by atoms with Gasteiger partial charge in [0.15, 0.2) is 0 Å². The Bertz CT molecular complexity index is 889. The molecule has 0 aliphatic rings. The number of carbonyl (C=O) groups is 2. The second-order valence-electron chi connectivity index (χ2n) is 8.35. The quantitative estimate of drug-likeness (QED) is 0.461. The molecule has 2 rings (SSSR count). The molecule has 0 fully saturated rings. The molecule has 0 bridgehead atoms. The first-order valence-corrected chi connectivity index (χ1v) is 10.3. The van der Waals surface area contributed by atoms with Crippen LogP contribution < -0.4 is 10.6 Å². The zero-order chi connectivity index (χ0) is 23.3. The molecule has 0 spiro atoms. The number of nitrogens with one attached hydrogen (secondary N) is 2. The number of amides is 2. The van der Waals surface area contributed by atoms with Gasteiger partial charge >= 0.3 is 0 Å². The first-order chi connectivity index (χ1) is 14.5. The van der Waals surface area contributed by atoms with Crippen LogP contribution in [0.5, 0.6) is 11.5 Å². The highest BCUT2D eigenvalue weighted by Gasteiger charge is 2.14. The molecule has 2 amide bonds. The number of aryl methyl sites for hydroxylation is 2. The third kappa shape index (κ3) is 6.46. The highest BCUT2D eigenvalue weighted by atomic mass is 16.5. The van der Waals surface area contributed by atoms with Crippen molar-refractivity contribution in [3.05, 3.63) is 46.5 Å². The minimum absolute atomic E-state index is 0.107. The number of aromatic hydroxyl groups is 2. The Kier molecular flexibility index (Phi) is 8.05.